The van der Waals surface area contributed by atoms with Crippen LogP contribution in [-0.2, 0) is 19.2 Å². The van der Waals surface area contributed by atoms with Crippen molar-refractivity contribution >= 4 is 27.3 Å². The normalized spacial score (nSPS) is 25.6. The highest BCUT2D eigenvalue weighted by molar-refractivity contribution is 7.84. The molecule has 156 valence electrons. The monoisotopic (exact) mass is 417 g/mol. The topological polar surface area (TPSA) is 178 Å². The molecule has 4 atom stereocenters. The average molecular weight is 417 g/mol. The predicted molar refractivity (Wildman–Crippen MR) is 97.3 cm³/mol. The Kier molecular flexibility index (Phi) is 6.09. The maximum Gasteiger partial charge on any atom is 0.333 e. The Labute approximate surface area is 161 Å². The molecule has 0 amide bonds. The lowest BCUT2D eigenvalue weighted by molar-refractivity contribution is -0.0467. The second-order valence-corrected chi connectivity index (χ2v) is 7.82. The van der Waals surface area contributed by atoms with Gasteiger partial charge < -0.3 is 25.2 Å². The lowest BCUT2D eigenvalue weighted by Gasteiger charge is -2.16. The highest BCUT2D eigenvalue weighted by Gasteiger charge is 2.44. The molecule has 0 spiro atoms. The van der Waals surface area contributed by atoms with Crippen molar-refractivity contribution in [2.75, 3.05) is 39.1 Å². The minimum absolute atomic E-state index is 0.381. The first-order valence-electron chi connectivity index (χ1n) is 8.42. The summed E-state index contributed by atoms with van der Waals surface area (Å²) in [6, 6.07) is 0. The van der Waals surface area contributed by atoms with E-state index in [-0.39, 0.29) is 0 Å². The number of aliphatic hydroxyl groups excluding tert-OH is 2. The number of aromatic nitrogens is 4. The van der Waals surface area contributed by atoms with Gasteiger partial charge in [0.1, 0.15) is 24.6 Å². The van der Waals surface area contributed by atoms with Crippen LogP contribution in [0.5, 0.6) is 0 Å². The van der Waals surface area contributed by atoms with Gasteiger partial charge in [0.2, 0.25) is 0 Å². The fraction of sp³-hybridized carbons (Fsp3) is 0.643. The summed E-state index contributed by atoms with van der Waals surface area (Å²) in [5.41, 5.74) is 0.849. The Morgan fingerprint density at radius 1 is 1.32 bits per heavy atom. The number of nitrogens with zero attached hydrogens (tertiary/aromatic N) is 5. The van der Waals surface area contributed by atoms with Crippen LogP contribution in [0, 0.1) is 0 Å². The first-order valence-corrected chi connectivity index (χ1v) is 9.89. The van der Waals surface area contributed by atoms with E-state index in [1.165, 1.54) is 17.2 Å². The van der Waals surface area contributed by atoms with E-state index < -0.39 is 41.5 Å². The summed E-state index contributed by atoms with van der Waals surface area (Å²) in [5.74, 6) is 0.521. The van der Waals surface area contributed by atoms with Gasteiger partial charge in [0, 0.05) is 13.1 Å². The molecule has 3 heterocycles. The molecule has 2 aromatic heterocycles. The van der Waals surface area contributed by atoms with Crippen molar-refractivity contribution in [2.45, 2.75) is 24.5 Å². The van der Waals surface area contributed by atoms with E-state index in [4.69, 9.17) is 9.88 Å². The molecule has 14 heteroatoms. The van der Waals surface area contributed by atoms with Crippen molar-refractivity contribution in [3.63, 3.8) is 0 Å². The zero-order valence-corrected chi connectivity index (χ0v) is 16.2. The van der Waals surface area contributed by atoms with Crippen molar-refractivity contribution in [2.24, 2.45) is 5.14 Å². The van der Waals surface area contributed by atoms with Crippen molar-refractivity contribution < 1.29 is 27.6 Å². The Morgan fingerprint density at radius 2 is 2.07 bits per heavy atom. The van der Waals surface area contributed by atoms with Gasteiger partial charge in [0.15, 0.2) is 23.2 Å². The summed E-state index contributed by atoms with van der Waals surface area (Å²) in [6.45, 7) is 0.890. The van der Waals surface area contributed by atoms with Gasteiger partial charge >= 0.3 is 10.3 Å². The summed E-state index contributed by atoms with van der Waals surface area (Å²) in [7, 11) is -0.302. The molecule has 0 aliphatic carbocycles. The van der Waals surface area contributed by atoms with Crippen LogP contribution in [0.4, 0.5) is 5.82 Å². The molecule has 0 radical (unpaired) electrons. The molecule has 28 heavy (non-hydrogen) atoms. The number of hydrogen-bond acceptors (Lipinski definition) is 11. The largest absolute Gasteiger partial charge is 0.387 e. The fourth-order valence-electron chi connectivity index (χ4n) is 2.82. The fourth-order valence-corrected chi connectivity index (χ4v) is 3.15. The highest BCUT2D eigenvalue weighted by atomic mass is 32.2. The highest BCUT2D eigenvalue weighted by Crippen LogP contribution is 2.32. The van der Waals surface area contributed by atoms with E-state index in [1.54, 1.807) is 0 Å². The van der Waals surface area contributed by atoms with Crippen LogP contribution in [0.1, 0.15) is 6.23 Å². The minimum atomic E-state index is -4.20. The maximum atomic E-state index is 10.9. The van der Waals surface area contributed by atoms with E-state index in [9.17, 15) is 18.6 Å². The van der Waals surface area contributed by atoms with Gasteiger partial charge in [0.05, 0.1) is 12.9 Å². The molecule has 0 saturated carbocycles. The zero-order valence-electron chi connectivity index (χ0n) is 15.3. The van der Waals surface area contributed by atoms with Gasteiger partial charge in [-0.25, -0.2) is 20.1 Å². The molecule has 1 saturated heterocycles. The molecule has 0 unspecified atom stereocenters. The molecule has 5 N–H and O–H groups in total. The summed E-state index contributed by atoms with van der Waals surface area (Å²) in [6.07, 6.45) is -2.14. The number of nitrogens with two attached hydrogens (primary N) is 1. The molecule has 0 aromatic carbocycles. The number of likely N-dealkylation sites (N-methyl/N-ethyl adjacent to an activating group) is 1. The number of ether oxygens (including phenoxy) is 1. The number of anilines is 1. The van der Waals surface area contributed by atoms with Crippen molar-refractivity contribution in [3.8, 4) is 0 Å². The van der Waals surface area contributed by atoms with Crippen LogP contribution in [0.3, 0.4) is 0 Å². The van der Waals surface area contributed by atoms with Crippen LogP contribution in [0.25, 0.3) is 11.2 Å². The Hall–Kier alpha value is -1.94. The standard InChI is InChI=1S/C14H23N7O6S/c1-20(2)4-3-16-12-9-13(18-6-17-12)21(7-19-9)14-11(23)10(22)8(27-14)5-26-28(15,24)25/h6-8,10-11,14,22-23H,3-5H2,1-2H3,(H2,15,24,25)(H,16,17,18)/t8-,10-,11-,14-/m1/s1. The molecular weight excluding hydrogens is 394 g/mol. The minimum Gasteiger partial charge on any atom is -0.387 e. The molecular formula is C14H23N7O6S. The first-order chi connectivity index (χ1) is 13.2. The van der Waals surface area contributed by atoms with Crippen LogP contribution < -0.4 is 10.5 Å². The number of rotatable bonds is 8. The number of aliphatic hydroxyl groups is 2. The van der Waals surface area contributed by atoms with E-state index in [1.807, 2.05) is 19.0 Å². The summed E-state index contributed by atoms with van der Waals surface area (Å²) in [4.78, 5) is 14.6. The third kappa shape index (κ3) is 4.54. The summed E-state index contributed by atoms with van der Waals surface area (Å²) in [5, 5.41) is 28.4. The van der Waals surface area contributed by atoms with E-state index in [2.05, 4.69) is 24.5 Å². The third-order valence-electron chi connectivity index (χ3n) is 4.22. The quantitative estimate of drug-likeness (QED) is 0.361. The van der Waals surface area contributed by atoms with Gasteiger partial charge in [-0.05, 0) is 14.1 Å². The molecule has 1 aliphatic rings. The molecule has 2 aromatic rings. The van der Waals surface area contributed by atoms with Gasteiger partial charge in [-0.2, -0.15) is 8.42 Å². The second kappa shape index (κ2) is 8.20. The lowest BCUT2D eigenvalue weighted by atomic mass is 10.1. The van der Waals surface area contributed by atoms with Gasteiger partial charge in [-0.15, -0.1) is 0 Å². The molecule has 1 fully saturated rings. The molecule has 13 nitrogen and oxygen atoms in total. The van der Waals surface area contributed by atoms with Crippen molar-refractivity contribution in [1.82, 2.24) is 24.4 Å². The maximum absolute atomic E-state index is 10.9. The SMILES string of the molecule is CN(C)CCNc1ncnc2c1ncn2[C@@H]1O[C@H](COS(N)(=O)=O)[C@@H](O)[C@H]1O. The summed E-state index contributed by atoms with van der Waals surface area (Å²) >= 11 is 0. The zero-order chi connectivity index (χ0) is 20.5. The van der Waals surface area contributed by atoms with Crippen molar-refractivity contribution in [1.29, 1.82) is 0 Å². The third-order valence-corrected chi connectivity index (χ3v) is 4.68. The van der Waals surface area contributed by atoms with E-state index in [0.717, 1.165) is 6.54 Å². The van der Waals surface area contributed by atoms with E-state index in [0.29, 0.717) is 23.5 Å². The Morgan fingerprint density at radius 3 is 2.75 bits per heavy atom. The smallest absolute Gasteiger partial charge is 0.333 e. The van der Waals surface area contributed by atoms with E-state index >= 15 is 0 Å². The van der Waals surface area contributed by atoms with Crippen LogP contribution in [-0.4, -0.2) is 95.2 Å². The number of fused-ring (bicyclic) bond motifs is 1. The number of hydrogen-bond donors (Lipinski definition) is 4. The van der Waals surface area contributed by atoms with Crippen LogP contribution in [0.2, 0.25) is 0 Å². The van der Waals surface area contributed by atoms with Crippen LogP contribution in [0.15, 0.2) is 12.7 Å². The predicted octanol–water partition coefficient (Wildman–Crippen LogP) is -2.36. The van der Waals surface area contributed by atoms with Crippen molar-refractivity contribution in [3.05, 3.63) is 12.7 Å². The van der Waals surface area contributed by atoms with Gasteiger partial charge in [-0.3, -0.25) is 8.75 Å². The molecule has 1 aliphatic heterocycles. The Bertz CT molecular complexity index is 920. The van der Waals surface area contributed by atoms with Gasteiger partial charge in [0.25, 0.3) is 0 Å². The lowest BCUT2D eigenvalue weighted by Crippen LogP contribution is -2.35. The van der Waals surface area contributed by atoms with Crippen LogP contribution >= 0.6 is 0 Å². The summed E-state index contributed by atoms with van der Waals surface area (Å²) < 4.78 is 33.4. The number of nitrogens with one attached hydrogen (secondary N) is 1. The molecule has 3 rings (SSSR count). The first kappa shape index (κ1) is 20.8. The average Bonchev–Trinajstić information content (AvgIpc) is 3.15. The second-order valence-electron chi connectivity index (χ2n) is 6.60. The molecule has 0 bridgehead atoms. The number of imidazole rings is 1. The van der Waals surface area contributed by atoms with Gasteiger partial charge in [-0.1, -0.05) is 0 Å². The Balaban J connectivity index is 1.79.